The molecule has 0 N–H and O–H groups in total. The van der Waals surface area contributed by atoms with Crippen LogP contribution < -0.4 is 0 Å². The summed E-state index contributed by atoms with van der Waals surface area (Å²) in [5.41, 5.74) is 2.43. The third-order valence-electron chi connectivity index (χ3n) is 3.53. The predicted molar refractivity (Wildman–Crippen MR) is 88.7 cm³/mol. The summed E-state index contributed by atoms with van der Waals surface area (Å²) in [6.07, 6.45) is 3.40. The Morgan fingerprint density at radius 2 is 1.88 bits per heavy atom. The molecule has 1 amide bonds. The van der Waals surface area contributed by atoms with Crippen LogP contribution in [0.1, 0.15) is 22.6 Å². The average molecular weight is 317 g/mol. The summed E-state index contributed by atoms with van der Waals surface area (Å²) in [4.78, 5) is 27.3. The van der Waals surface area contributed by atoms with Gasteiger partial charge in [-0.05, 0) is 24.3 Å². The largest absolute Gasteiger partial charge is 0.330 e. The van der Waals surface area contributed by atoms with Crippen LogP contribution >= 0.6 is 0 Å². The molecule has 3 aromatic rings. The van der Waals surface area contributed by atoms with Crippen molar-refractivity contribution in [2.75, 3.05) is 6.54 Å². The molecule has 0 saturated heterocycles. The van der Waals surface area contributed by atoms with Crippen molar-refractivity contribution in [3.63, 3.8) is 0 Å². The fourth-order valence-electron chi connectivity index (χ4n) is 2.35. The lowest BCUT2D eigenvalue weighted by molar-refractivity contribution is 0.0739. The zero-order chi connectivity index (χ0) is 16.8. The summed E-state index contributed by atoms with van der Waals surface area (Å²) in [5.74, 6) is -0.255. The van der Waals surface area contributed by atoms with E-state index in [-0.39, 0.29) is 18.0 Å². The smallest absolute Gasteiger partial charge is 0.274 e. The Morgan fingerprint density at radius 3 is 2.62 bits per heavy atom. The third kappa shape index (κ3) is 3.52. The molecule has 0 saturated carbocycles. The molecule has 24 heavy (non-hydrogen) atoms. The molecule has 6 heteroatoms. The Kier molecular flexibility index (Phi) is 4.73. The van der Waals surface area contributed by atoms with Crippen molar-refractivity contribution in [2.45, 2.75) is 13.0 Å². The lowest BCUT2D eigenvalue weighted by atomic mass is 10.2. The first-order chi connectivity index (χ1) is 11.8. The zero-order valence-electron chi connectivity index (χ0n) is 13.0. The van der Waals surface area contributed by atoms with Gasteiger partial charge in [-0.2, -0.15) is 5.26 Å². The van der Waals surface area contributed by atoms with Crippen molar-refractivity contribution < 1.29 is 4.79 Å². The van der Waals surface area contributed by atoms with E-state index in [2.05, 4.69) is 21.0 Å². The summed E-state index contributed by atoms with van der Waals surface area (Å²) >= 11 is 0. The molecule has 0 unspecified atom stereocenters. The van der Waals surface area contributed by atoms with E-state index in [1.165, 1.54) is 6.20 Å². The fraction of sp³-hybridized carbons (Fsp3) is 0.167. The summed E-state index contributed by atoms with van der Waals surface area (Å²) in [5, 5.41) is 8.84. The van der Waals surface area contributed by atoms with E-state index in [1.54, 1.807) is 11.1 Å². The molecule has 0 spiro atoms. The number of pyridine rings is 1. The quantitative estimate of drug-likeness (QED) is 0.722. The molecule has 0 bridgehead atoms. The molecule has 0 radical (unpaired) electrons. The van der Waals surface area contributed by atoms with Gasteiger partial charge in [0.2, 0.25) is 0 Å². The standard InChI is InChI=1S/C18H15N5O/c19-9-5-11-23(13-14-6-3-4-10-20-14)18(24)17-12-21-15-7-1-2-8-16(15)22-17/h1-4,6-8,10,12H,5,11,13H2. The molecule has 6 nitrogen and oxygen atoms in total. The van der Waals surface area contributed by atoms with Crippen molar-refractivity contribution >= 4 is 16.9 Å². The van der Waals surface area contributed by atoms with Crippen molar-refractivity contribution in [1.82, 2.24) is 19.9 Å². The van der Waals surface area contributed by atoms with Crippen LogP contribution in [-0.2, 0) is 6.54 Å². The van der Waals surface area contributed by atoms with Crippen LogP contribution in [0, 0.1) is 11.3 Å². The number of hydrogen-bond acceptors (Lipinski definition) is 5. The summed E-state index contributed by atoms with van der Waals surface area (Å²) in [7, 11) is 0. The first-order valence-electron chi connectivity index (χ1n) is 7.56. The Bertz CT molecular complexity index is 889. The molecule has 0 aliphatic rings. The van der Waals surface area contributed by atoms with Crippen LogP contribution in [0.3, 0.4) is 0 Å². The van der Waals surface area contributed by atoms with E-state index in [0.29, 0.717) is 18.6 Å². The Morgan fingerprint density at radius 1 is 1.08 bits per heavy atom. The maximum atomic E-state index is 12.8. The summed E-state index contributed by atoms with van der Waals surface area (Å²) in [6, 6.07) is 15.0. The first kappa shape index (κ1) is 15.6. The van der Waals surface area contributed by atoms with Gasteiger partial charge in [-0.1, -0.05) is 18.2 Å². The van der Waals surface area contributed by atoms with Gasteiger partial charge in [0.1, 0.15) is 5.69 Å². The second-order valence-corrected chi connectivity index (χ2v) is 5.20. The number of para-hydroxylation sites is 2. The SMILES string of the molecule is N#CCCN(Cc1ccccn1)C(=O)c1cnc2ccccc2n1. The van der Waals surface area contributed by atoms with Gasteiger partial charge in [0, 0.05) is 12.7 Å². The molecule has 2 heterocycles. The highest BCUT2D eigenvalue weighted by Gasteiger charge is 2.18. The number of carbonyl (C=O) groups is 1. The number of hydrogen-bond donors (Lipinski definition) is 0. The van der Waals surface area contributed by atoms with Gasteiger partial charge >= 0.3 is 0 Å². The summed E-state index contributed by atoms with van der Waals surface area (Å²) in [6.45, 7) is 0.649. The fourth-order valence-corrected chi connectivity index (χ4v) is 2.35. The van der Waals surface area contributed by atoms with Crippen molar-refractivity contribution in [2.24, 2.45) is 0 Å². The number of rotatable bonds is 5. The van der Waals surface area contributed by atoms with Gasteiger partial charge in [-0.15, -0.1) is 0 Å². The van der Waals surface area contributed by atoms with E-state index < -0.39 is 0 Å². The van der Waals surface area contributed by atoms with Gasteiger partial charge < -0.3 is 4.90 Å². The van der Waals surface area contributed by atoms with Crippen LogP contribution in [0.2, 0.25) is 0 Å². The molecule has 0 aliphatic carbocycles. The molecule has 0 fully saturated rings. The maximum absolute atomic E-state index is 12.8. The molecular weight excluding hydrogens is 302 g/mol. The highest BCUT2D eigenvalue weighted by atomic mass is 16.2. The summed E-state index contributed by atoms with van der Waals surface area (Å²) < 4.78 is 0. The van der Waals surface area contributed by atoms with Crippen LogP contribution in [0.25, 0.3) is 11.0 Å². The molecule has 2 aromatic heterocycles. The second kappa shape index (κ2) is 7.29. The van der Waals surface area contributed by atoms with Gasteiger partial charge in [-0.25, -0.2) is 4.98 Å². The van der Waals surface area contributed by atoms with Crippen LogP contribution in [-0.4, -0.2) is 32.3 Å². The highest BCUT2D eigenvalue weighted by Crippen LogP contribution is 2.12. The minimum atomic E-state index is -0.255. The Hall–Kier alpha value is -3.33. The predicted octanol–water partition coefficient (Wildman–Crippen LogP) is 2.58. The molecule has 1 aromatic carbocycles. The molecule has 3 rings (SSSR count). The van der Waals surface area contributed by atoms with Gasteiger partial charge in [0.25, 0.3) is 5.91 Å². The number of amides is 1. The minimum absolute atomic E-state index is 0.250. The van der Waals surface area contributed by atoms with Crippen LogP contribution in [0.4, 0.5) is 0 Å². The minimum Gasteiger partial charge on any atom is -0.330 e. The maximum Gasteiger partial charge on any atom is 0.274 e. The zero-order valence-corrected chi connectivity index (χ0v) is 13.0. The number of fused-ring (bicyclic) bond motifs is 1. The highest BCUT2D eigenvalue weighted by molar-refractivity contribution is 5.93. The average Bonchev–Trinajstić information content (AvgIpc) is 2.65. The van der Waals surface area contributed by atoms with Crippen LogP contribution in [0.15, 0.2) is 54.9 Å². The second-order valence-electron chi connectivity index (χ2n) is 5.20. The first-order valence-corrected chi connectivity index (χ1v) is 7.56. The van der Waals surface area contributed by atoms with E-state index >= 15 is 0 Å². The molecule has 0 aliphatic heterocycles. The van der Waals surface area contributed by atoms with Gasteiger partial charge in [0.05, 0.1) is 42.0 Å². The number of nitrogens with zero attached hydrogens (tertiary/aromatic N) is 5. The van der Waals surface area contributed by atoms with Crippen LogP contribution in [0.5, 0.6) is 0 Å². The third-order valence-corrected chi connectivity index (χ3v) is 3.53. The molecular formula is C18H15N5O. The lowest BCUT2D eigenvalue weighted by Crippen LogP contribution is -2.32. The Labute approximate surface area is 139 Å². The lowest BCUT2D eigenvalue weighted by Gasteiger charge is -2.20. The van der Waals surface area contributed by atoms with Gasteiger partial charge in [0.15, 0.2) is 0 Å². The van der Waals surface area contributed by atoms with E-state index in [1.807, 2.05) is 42.5 Å². The monoisotopic (exact) mass is 317 g/mol. The number of carbonyl (C=O) groups excluding carboxylic acids is 1. The molecule has 0 atom stereocenters. The Balaban J connectivity index is 1.87. The van der Waals surface area contributed by atoms with E-state index in [0.717, 1.165) is 11.2 Å². The van der Waals surface area contributed by atoms with Crippen molar-refractivity contribution in [3.8, 4) is 6.07 Å². The number of aromatic nitrogens is 3. The normalized spacial score (nSPS) is 10.3. The van der Waals surface area contributed by atoms with Gasteiger partial charge in [-0.3, -0.25) is 14.8 Å². The van der Waals surface area contributed by atoms with E-state index in [9.17, 15) is 4.79 Å². The number of benzene rings is 1. The molecule has 118 valence electrons. The van der Waals surface area contributed by atoms with E-state index in [4.69, 9.17) is 5.26 Å². The topological polar surface area (TPSA) is 82.8 Å². The number of nitriles is 1. The van der Waals surface area contributed by atoms with Crippen molar-refractivity contribution in [1.29, 1.82) is 5.26 Å². The van der Waals surface area contributed by atoms with Crippen molar-refractivity contribution in [3.05, 3.63) is 66.2 Å².